The molecule has 0 aliphatic rings. The van der Waals surface area contributed by atoms with Crippen molar-refractivity contribution in [3.05, 3.63) is 57.1 Å². The molecule has 1 aromatic carbocycles. The van der Waals surface area contributed by atoms with Gasteiger partial charge in [0.1, 0.15) is 0 Å². The van der Waals surface area contributed by atoms with Crippen molar-refractivity contribution < 1.29 is 4.79 Å². The summed E-state index contributed by atoms with van der Waals surface area (Å²) in [5.74, 6) is 0.0163. The molecule has 0 spiro atoms. The van der Waals surface area contributed by atoms with Gasteiger partial charge in [0.25, 0.3) is 0 Å². The number of aromatic nitrogens is 1. The Balaban J connectivity index is 1.66. The molecule has 0 atom stereocenters. The van der Waals surface area contributed by atoms with Gasteiger partial charge in [0.05, 0.1) is 5.69 Å². The Morgan fingerprint density at radius 2 is 1.96 bits per heavy atom. The Kier molecular flexibility index (Phi) is 4.88. The fourth-order valence-electron chi connectivity index (χ4n) is 2.30. The van der Waals surface area contributed by atoms with E-state index < -0.39 is 0 Å². The molecule has 2 heterocycles. The fraction of sp³-hybridized carbons (Fsp3) is 0.222. The molecule has 0 fully saturated rings. The number of nitrogens with one attached hydrogen (secondary N) is 1. The van der Waals surface area contributed by atoms with Crippen molar-refractivity contribution in [2.45, 2.75) is 26.7 Å². The first-order valence-electron chi connectivity index (χ1n) is 7.48. The van der Waals surface area contributed by atoms with Gasteiger partial charge in [0.2, 0.25) is 5.91 Å². The lowest BCUT2D eigenvalue weighted by molar-refractivity contribution is -0.116. The third-order valence-electron chi connectivity index (χ3n) is 3.55. The molecule has 0 aliphatic heterocycles. The van der Waals surface area contributed by atoms with Gasteiger partial charge in [-0.2, -0.15) is 0 Å². The van der Waals surface area contributed by atoms with Crippen molar-refractivity contribution in [3.8, 4) is 11.3 Å². The van der Waals surface area contributed by atoms with Gasteiger partial charge in [0.15, 0.2) is 5.13 Å². The molecule has 5 heteroatoms. The lowest BCUT2D eigenvalue weighted by Crippen LogP contribution is -2.11. The summed E-state index contributed by atoms with van der Waals surface area (Å²) >= 11 is 3.21. The van der Waals surface area contributed by atoms with Gasteiger partial charge in [0, 0.05) is 21.7 Å². The van der Waals surface area contributed by atoms with Gasteiger partial charge < -0.3 is 5.32 Å². The van der Waals surface area contributed by atoms with Crippen molar-refractivity contribution in [3.63, 3.8) is 0 Å². The summed E-state index contributed by atoms with van der Waals surface area (Å²) in [7, 11) is 0. The predicted octanol–water partition coefficient (Wildman–Crippen LogP) is 5.06. The highest BCUT2D eigenvalue weighted by molar-refractivity contribution is 7.16. The average molecular weight is 342 g/mol. The second-order valence-electron chi connectivity index (χ2n) is 5.42. The van der Waals surface area contributed by atoms with Crippen molar-refractivity contribution in [1.29, 1.82) is 0 Å². The Bertz CT molecular complexity index is 789. The summed E-state index contributed by atoms with van der Waals surface area (Å²) in [6.45, 7) is 4.10. The van der Waals surface area contributed by atoms with E-state index in [2.05, 4.69) is 47.6 Å². The zero-order valence-electron chi connectivity index (χ0n) is 13.1. The second kappa shape index (κ2) is 7.06. The number of anilines is 1. The summed E-state index contributed by atoms with van der Waals surface area (Å²) in [6, 6.07) is 12.4. The van der Waals surface area contributed by atoms with E-state index in [4.69, 9.17) is 0 Å². The van der Waals surface area contributed by atoms with Gasteiger partial charge in [-0.3, -0.25) is 4.79 Å². The van der Waals surface area contributed by atoms with Gasteiger partial charge in [-0.25, -0.2) is 4.98 Å². The predicted molar refractivity (Wildman–Crippen MR) is 98.3 cm³/mol. The van der Waals surface area contributed by atoms with Crippen LogP contribution < -0.4 is 5.32 Å². The number of thiazole rings is 1. The summed E-state index contributed by atoms with van der Waals surface area (Å²) in [5.41, 5.74) is 3.26. The standard InChI is InChI=1S/C18H18N2OS2/c1-12-5-7-14(8-6-12)17-13(2)23-18(20-17)19-16(21)10-9-15-4-3-11-22-15/h3-8,11H,9-10H2,1-2H3,(H,19,20,21). The van der Waals surface area contributed by atoms with E-state index in [1.165, 1.54) is 21.8 Å². The lowest BCUT2D eigenvalue weighted by Gasteiger charge is -2.01. The average Bonchev–Trinajstić information content (AvgIpc) is 3.16. The van der Waals surface area contributed by atoms with E-state index in [1.54, 1.807) is 11.3 Å². The van der Waals surface area contributed by atoms with E-state index in [0.717, 1.165) is 22.6 Å². The Hall–Kier alpha value is -1.98. The van der Waals surface area contributed by atoms with Crippen LogP contribution in [0.4, 0.5) is 5.13 Å². The summed E-state index contributed by atoms with van der Waals surface area (Å²) in [6.07, 6.45) is 1.26. The molecule has 118 valence electrons. The van der Waals surface area contributed by atoms with Crippen LogP contribution >= 0.6 is 22.7 Å². The molecule has 23 heavy (non-hydrogen) atoms. The summed E-state index contributed by atoms with van der Waals surface area (Å²) in [5, 5.41) is 5.63. The Labute approximate surface area is 144 Å². The molecule has 0 radical (unpaired) electrons. The van der Waals surface area contributed by atoms with Crippen molar-refractivity contribution in [1.82, 2.24) is 4.98 Å². The molecule has 0 saturated carbocycles. The number of amides is 1. The van der Waals surface area contributed by atoms with Gasteiger partial charge >= 0.3 is 0 Å². The van der Waals surface area contributed by atoms with Crippen LogP contribution in [0.3, 0.4) is 0 Å². The monoisotopic (exact) mass is 342 g/mol. The number of thiophene rings is 1. The van der Waals surface area contributed by atoms with Crippen molar-refractivity contribution in [2.75, 3.05) is 5.32 Å². The molecule has 2 aromatic heterocycles. The molecule has 0 bridgehead atoms. The van der Waals surface area contributed by atoms with Crippen LogP contribution in [0.15, 0.2) is 41.8 Å². The maximum atomic E-state index is 12.1. The van der Waals surface area contributed by atoms with E-state index in [9.17, 15) is 4.79 Å². The molecule has 0 saturated heterocycles. The number of nitrogens with zero attached hydrogens (tertiary/aromatic N) is 1. The highest BCUT2D eigenvalue weighted by atomic mass is 32.1. The van der Waals surface area contributed by atoms with Crippen molar-refractivity contribution >= 4 is 33.7 Å². The van der Waals surface area contributed by atoms with Crippen LogP contribution in [-0.2, 0) is 11.2 Å². The van der Waals surface area contributed by atoms with Gasteiger partial charge in [-0.15, -0.1) is 22.7 Å². The third-order valence-corrected chi connectivity index (χ3v) is 5.37. The molecule has 3 nitrogen and oxygen atoms in total. The Morgan fingerprint density at radius 3 is 2.65 bits per heavy atom. The van der Waals surface area contributed by atoms with Gasteiger partial charge in [-0.1, -0.05) is 35.9 Å². The van der Waals surface area contributed by atoms with Crippen LogP contribution in [0, 0.1) is 13.8 Å². The highest BCUT2D eigenvalue weighted by Crippen LogP contribution is 2.30. The molecule has 1 amide bonds. The molecule has 1 N–H and O–H groups in total. The quantitative estimate of drug-likeness (QED) is 0.704. The molecule has 3 aromatic rings. The molecular formula is C18H18N2OS2. The maximum absolute atomic E-state index is 12.1. The van der Waals surface area contributed by atoms with Crippen LogP contribution in [-0.4, -0.2) is 10.9 Å². The second-order valence-corrected chi connectivity index (χ2v) is 7.65. The smallest absolute Gasteiger partial charge is 0.226 e. The van der Waals surface area contributed by atoms with E-state index in [-0.39, 0.29) is 5.91 Å². The minimum atomic E-state index is 0.0163. The number of rotatable bonds is 5. The van der Waals surface area contributed by atoms with Crippen LogP contribution in [0.1, 0.15) is 21.7 Å². The first-order valence-corrected chi connectivity index (χ1v) is 9.18. The van der Waals surface area contributed by atoms with Crippen LogP contribution in [0.5, 0.6) is 0 Å². The fourth-order valence-corrected chi connectivity index (χ4v) is 3.86. The maximum Gasteiger partial charge on any atom is 0.226 e. The largest absolute Gasteiger partial charge is 0.302 e. The number of benzene rings is 1. The van der Waals surface area contributed by atoms with E-state index >= 15 is 0 Å². The first kappa shape index (κ1) is 15.9. The minimum Gasteiger partial charge on any atom is -0.302 e. The third kappa shape index (κ3) is 4.06. The summed E-state index contributed by atoms with van der Waals surface area (Å²) < 4.78 is 0. The van der Waals surface area contributed by atoms with Crippen LogP contribution in [0.2, 0.25) is 0 Å². The van der Waals surface area contributed by atoms with Crippen LogP contribution in [0.25, 0.3) is 11.3 Å². The number of carbonyl (C=O) groups is 1. The first-order chi connectivity index (χ1) is 11.1. The zero-order valence-corrected chi connectivity index (χ0v) is 14.8. The number of aryl methyl sites for hydroxylation is 3. The number of hydrogen-bond acceptors (Lipinski definition) is 4. The molecular weight excluding hydrogens is 324 g/mol. The topological polar surface area (TPSA) is 42.0 Å². The lowest BCUT2D eigenvalue weighted by atomic mass is 10.1. The van der Waals surface area contributed by atoms with Crippen molar-refractivity contribution in [2.24, 2.45) is 0 Å². The van der Waals surface area contributed by atoms with E-state index in [1.807, 2.05) is 18.4 Å². The molecule has 0 unspecified atom stereocenters. The number of carbonyl (C=O) groups excluding carboxylic acids is 1. The highest BCUT2D eigenvalue weighted by Gasteiger charge is 2.12. The van der Waals surface area contributed by atoms with E-state index in [0.29, 0.717) is 11.6 Å². The zero-order chi connectivity index (χ0) is 16.2. The number of hydrogen-bond donors (Lipinski definition) is 1. The molecule has 0 aliphatic carbocycles. The minimum absolute atomic E-state index is 0.0163. The van der Waals surface area contributed by atoms with Gasteiger partial charge in [-0.05, 0) is 31.7 Å². The SMILES string of the molecule is Cc1ccc(-c2nc(NC(=O)CCc3cccs3)sc2C)cc1. The summed E-state index contributed by atoms with van der Waals surface area (Å²) in [4.78, 5) is 19.0. The normalized spacial score (nSPS) is 10.7. The molecule has 3 rings (SSSR count). The Morgan fingerprint density at radius 1 is 1.17 bits per heavy atom.